The molecule has 0 N–H and O–H groups in total. The van der Waals surface area contributed by atoms with Gasteiger partial charge in [-0.25, -0.2) is 8.78 Å². The zero-order valence-corrected chi connectivity index (χ0v) is 13.8. The highest BCUT2D eigenvalue weighted by atomic mass is 19.3. The standard InChI is InChI=1S/C16H20F2N6O/c17-14(18)9-24-13(3-6-20-24)16(25)22-7-4-11(5-8-22)15-21-19-10-23(15)12-1-2-12/h3,6,10-12,14H,1-2,4-5,7-9H2. The van der Waals surface area contributed by atoms with Crippen molar-refractivity contribution in [3.8, 4) is 0 Å². The van der Waals surface area contributed by atoms with Gasteiger partial charge in [-0.2, -0.15) is 5.10 Å². The summed E-state index contributed by atoms with van der Waals surface area (Å²) in [6.07, 6.45) is 4.62. The third kappa shape index (κ3) is 3.27. The lowest BCUT2D eigenvalue weighted by molar-refractivity contribution is 0.0685. The van der Waals surface area contributed by atoms with E-state index >= 15 is 0 Å². The highest BCUT2D eigenvalue weighted by Gasteiger charge is 2.32. The van der Waals surface area contributed by atoms with Crippen molar-refractivity contribution < 1.29 is 13.6 Å². The van der Waals surface area contributed by atoms with Crippen LogP contribution in [0.2, 0.25) is 0 Å². The largest absolute Gasteiger partial charge is 0.337 e. The van der Waals surface area contributed by atoms with Gasteiger partial charge in [-0.3, -0.25) is 9.48 Å². The number of nitrogens with zero attached hydrogens (tertiary/aromatic N) is 6. The van der Waals surface area contributed by atoms with Crippen LogP contribution >= 0.6 is 0 Å². The van der Waals surface area contributed by atoms with Gasteiger partial charge in [0.05, 0.1) is 0 Å². The van der Waals surface area contributed by atoms with E-state index in [9.17, 15) is 13.6 Å². The predicted octanol–water partition coefficient (Wildman–Crippen LogP) is 2.09. The van der Waals surface area contributed by atoms with Gasteiger partial charge in [0, 0.05) is 31.2 Å². The molecule has 4 rings (SSSR count). The van der Waals surface area contributed by atoms with E-state index in [2.05, 4.69) is 19.9 Å². The van der Waals surface area contributed by atoms with E-state index in [4.69, 9.17) is 0 Å². The minimum Gasteiger partial charge on any atom is -0.337 e. The fourth-order valence-corrected chi connectivity index (χ4v) is 3.47. The van der Waals surface area contributed by atoms with Crippen LogP contribution in [0.25, 0.3) is 0 Å². The molecule has 1 aliphatic heterocycles. The molecule has 2 fully saturated rings. The van der Waals surface area contributed by atoms with Gasteiger partial charge in [-0.05, 0) is 31.7 Å². The third-order valence-electron chi connectivity index (χ3n) is 4.93. The molecule has 0 aromatic carbocycles. The van der Waals surface area contributed by atoms with Crippen LogP contribution in [0.5, 0.6) is 0 Å². The van der Waals surface area contributed by atoms with Crippen LogP contribution in [-0.4, -0.2) is 54.9 Å². The highest BCUT2D eigenvalue weighted by Crippen LogP contribution is 2.38. The first-order valence-electron chi connectivity index (χ1n) is 8.62. The molecule has 2 aromatic rings. The molecule has 7 nitrogen and oxygen atoms in total. The fraction of sp³-hybridized carbons (Fsp3) is 0.625. The summed E-state index contributed by atoms with van der Waals surface area (Å²) in [5.41, 5.74) is 0.222. The van der Waals surface area contributed by atoms with Gasteiger partial charge >= 0.3 is 0 Å². The second-order valence-electron chi connectivity index (χ2n) is 6.68. The van der Waals surface area contributed by atoms with Crippen LogP contribution in [-0.2, 0) is 6.54 Å². The highest BCUT2D eigenvalue weighted by molar-refractivity contribution is 5.92. The van der Waals surface area contributed by atoms with E-state index < -0.39 is 13.0 Å². The molecule has 2 aliphatic rings. The van der Waals surface area contributed by atoms with Gasteiger partial charge in [0.1, 0.15) is 24.4 Å². The SMILES string of the molecule is O=C(c1ccnn1CC(F)F)N1CCC(c2nncn2C2CC2)CC1. The molecule has 0 atom stereocenters. The molecule has 1 amide bonds. The molecule has 1 aliphatic carbocycles. The Morgan fingerprint density at radius 1 is 1.24 bits per heavy atom. The molecule has 3 heterocycles. The molecule has 1 saturated heterocycles. The van der Waals surface area contributed by atoms with Crippen LogP contribution in [0.4, 0.5) is 8.78 Å². The monoisotopic (exact) mass is 350 g/mol. The number of amides is 1. The smallest absolute Gasteiger partial charge is 0.272 e. The molecular weight excluding hydrogens is 330 g/mol. The first kappa shape index (κ1) is 16.2. The molecule has 2 aromatic heterocycles. The predicted molar refractivity (Wildman–Crippen MR) is 84.4 cm³/mol. The van der Waals surface area contributed by atoms with Crippen LogP contribution in [0.15, 0.2) is 18.6 Å². The van der Waals surface area contributed by atoms with Gasteiger partial charge < -0.3 is 9.47 Å². The summed E-state index contributed by atoms with van der Waals surface area (Å²) >= 11 is 0. The average Bonchev–Trinajstić information content (AvgIpc) is 3.15. The van der Waals surface area contributed by atoms with E-state index in [-0.39, 0.29) is 17.5 Å². The van der Waals surface area contributed by atoms with Gasteiger partial charge in [0.25, 0.3) is 12.3 Å². The van der Waals surface area contributed by atoms with Crippen molar-refractivity contribution in [2.45, 2.75) is 50.6 Å². The Bertz CT molecular complexity index is 745. The van der Waals surface area contributed by atoms with Crippen molar-refractivity contribution in [2.75, 3.05) is 13.1 Å². The van der Waals surface area contributed by atoms with Gasteiger partial charge in [0.2, 0.25) is 0 Å². The summed E-state index contributed by atoms with van der Waals surface area (Å²) in [5, 5.41) is 12.2. The summed E-state index contributed by atoms with van der Waals surface area (Å²) in [6.45, 7) is 0.608. The number of halogens is 2. The second kappa shape index (κ2) is 6.53. The van der Waals surface area contributed by atoms with Crippen molar-refractivity contribution in [3.05, 3.63) is 30.1 Å². The van der Waals surface area contributed by atoms with E-state index in [0.29, 0.717) is 19.1 Å². The fourth-order valence-electron chi connectivity index (χ4n) is 3.47. The Labute approximate surface area is 143 Å². The van der Waals surface area contributed by atoms with E-state index in [0.717, 1.165) is 23.3 Å². The Hall–Kier alpha value is -2.32. The Kier molecular flexibility index (Phi) is 4.22. The molecule has 0 bridgehead atoms. The van der Waals surface area contributed by atoms with Crippen LogP contribution in [0.1, 0.15) is 54.0 Å². The van der Waals surface area contributed by atoms with Crippen LogP contribution in [0.3, 0.4) is 0 Å². The molecule has 0 spiro atoms. The summed E-state index contributed by atoms with van der Waals surface area (Å²) in [4.78, 5) is 14.3. The Balaban J connectivity index is 1.41. The van der Waals surface area contributed by atoms with Crippen LogP contribution < -0.4 is 0 Å². The number of piperidine rings is 1. The minimum atomic E-state index is -2.54. The minimum absolute atomic E-state index is 0.222. The summed E-state index contributed by atoms with van der Waals surface area (Å²) in [6, 6.07) is 2.04. The van der Waals surface area contributed by atoms with Gasteiger partial charge in [-0.1, -0.05) is 0 Å². The lowest BCUT2D eigenvalue weighted by Crippen LogP contribution is -2.39. The lowest BCUT2D eigenvalue weighted by atomic mass is 9.95. The van der Waals surface area contributed by atoms with Crippen molar-refractivity contribution in [2.24, 2.45) is 0 Å². The number of carbonyl (C=O) groups excluding carboxylic acids is 1. The third-order valence-corrected chi connectivity index (χ3v) is 4.93. The van der Waals surface area contributed by atoms with Crippen molar-refractivity contribution in [1.29, 1.82) is 0 Å². The molecule has 134 valence electrons. The quantitative estimate of drug-likeness (QED) is 0.828. The number of hydrogen-bond acceptors (Lipinski definition) is 4. The van der Waals surface area contributed by atoms with Crippen molar-refractivity contribution in [3.63, 3.8) is 0 Å². The molecule has 25 heavy (non-hydrogen) atoms. The number of hydrogen-bond donors (Lipinski definition) is 0. The number of aromatic nitrogens is 5. The van der Waals surface area contributed by atoms with E-state index in [1.54, 1.807) is 11.2 Å². The number of alkyl halides is 2. The molecule has 1 saturated carbocycles. The van der Waals surface area contributed by atoms with Crippen LogP contribution in [0, 0.1) is 0 Å². The van der Waals surface area contributed by atoms with Gasteiger partial charge in [-0.15, -0.1) is 10.2 Å². The second-order valence-corrected chi connectivity index (χ2v) is 6.68. The zero-order valence-electron chi connectivity index (χ0n) is 13.8. The molecule has 0 radical (unpaired) electrons. The lowest BCUT2D eigenvalue weighted by Gasteiger charge is -2.31. The maximum Gasteiger partial charge on any atom is 0.272 e. The summed E-state index contributed by atoms with van der Waals surface area (Å²) < 4.78 is 28.5. The summed E-state index contributed by atoms with van der Waals surface area (Å²) in [7, 11) is 0. The first-order valence-corrected chi connectivity index (χ1v) is 8.62. The van der Waals surface area contributed by atoms with E-state index in [1.165, 1.54) is 25.1 Å². The molecular formula is C16H20F2N6O. The average molecular weight is 350 g/mol. The molecule has 9 heteroatoms. The maximum absolute atomic E-state index is 12.6. The maximum atomic E-state index is 12.6. The Morgan fingerprint density at radius 3 is 2.68 bits per heavy atom. The van der Waals surface area contributed by atoms with Gasteiger partial charge in [0.15, 0.2) is 0 Å². The topological polar surface area (TPSA) is 68.8 Å². The van der Waals surface area contributed by atoms with Crippen molar-refractivity contribution in [1.82, 2.24) is 29.4 Å². The zero-order chi connectivity index (χ0) is 17.4. The first-order chi connectivity index (χ1) is 12.1. The Morgan fingerprint density at radius 2 is 2.00 bits per heavy atom. The normalized spacial score (nSPS) is 18.9. The molecule has 0 unspecified atom stereocenters. The number of carbonyl (C=O) groups is 1. The number of rotatable bonds is 5. The van der Waals surface area contributed by atoms with Crippen molar-refractivity contribution >= 4 is 5.91 Å². The summed E-state index contributed by atoms with van der Waals surface area (Å²) in [5.74, 6) is 1.07. The number of likely N-dealkylation sites (tertiary alicyclic amines) is 1. The van der Waals surface area contributed by atoms with E-state index in [1.807, 2.05) is 0 Å².